The molecule has 1 heterocycles. The fourth-order valence-corrected chi connectivity index (χ4v) is 3.05. The minimum Gasteiger partial charge on any atom is -0.370 e. The molecule has 1 N–H and O–H groups in total. The van der Waals surface area contributed by atoms with Crippen molar-refractivity contribution in [2.24, 2.45) is 0 Å². The highest BCUT2D eigenvalue weighted by molar-refractivity contribution is 14.1. The van der Waals surface area contributed by atoms with Gasteiger partial charge in [0.15, 0.2) is 0 Å². The van der Waals surface area contributed by atoms with Crippen LogP contribution in [0.4, 0.5) is 0 Å². The van der Waals surface area contributed by atoms with Gasteiger partial charge in [-0.15, -0.1) is 0 Å². The summed E-state index contributed by atoms with van der Waals surface area (Å²) in [5.41, 5.74) is 0.640. The van der Waals surface area contributed by atoms with E-state index in [0.29, 0.717) is 5.92 Å². The second-order valence-corrected chi connectivity index (χ2v) is 6.02. The number of methoxy groups -OCH3 is 1. The van der Waals surface area contributed by atoms with Crippen LogP contribution in [-0.2, 0) is 10.3 Å². The first-order valence-electron chi connectivity index (χ1n) is 6.01. The third-order valence-electron chi connectivity index (χ3n) is 3.84. The maximum absolute atomic E-state index is 11.9. The molecule has 0 saturated heterocycles. The summed E-state index contributed by atoms with van der Waals surface area (Å²) in [6.45, 7) is 0. The quantitative estimate of drug-likeness (QED) is 0.855. The molecule has 0 aliphatic heterocycles. The molecule has 5 heteroatoms. The highest BCUT2D eigenvalue weighted by Gasteiger charge is 2.42. The number of aromatic amines is 1. The van der Waals surface area contributed by atoms with E-state index >= 15 is 0 Å². The van der Waals surface area contributed by atoms with Crippen LogP contribution < -0.4 is 5.56 Å². The van der Waals surface area contributed by atoms with Gasteiger partial charge in [-0.25, -0.2) is 4.98 Å². The summed E-state index contributed by atoms with van der Waals surface area (Å²) in [6.07, 6.45) is 5.37. The topological polar surface area (TPSA) is 55.0 Å². The highest BCUT2D eigenvalue weighted by Crippen LogP contribution is 2.44. The van der Waals surface area contributed by atoms with Crippen LogP contribution in [-0.4, -0.2) is 17.1 Å². The lowest BCUT2D eigenvalue weighted by atomic mass is 9.79. The molecule has 2 saturated carbocycles. The molecule has 4 nitrogen and oxygen atoms in total. The highest BCUT2D eigenvalue weighted by atomic mass is 127. The third-order valence-corrected chi connectivity index (χ3v) is 4.88. The normalized spacial score (nSPS) is 22.2. The van der Waals surface area contributed by atoms with Gasteiger partial charge in [0.05, 0.1) is 9.26 Å². The van der Waals surface area contributed by atoms with Crippen molar-refractivity contribution in [1.29, 1.82) is 0 Å². The van der Waals surface area contributed by atoms with Crippen molar-refractivity contribution in [3.63, 3.8) is 0 Å². The first-order valence-corrected chi connectivity index (χ1v) is 7.09. The largest absolute Gasteiger partial charge is 0.370 e. The van der Waals surface area contributed by atoms with Crippen molar-refractivity contribution in [3.8, 4) is 0 Å². The second-order valence-electron chi connectivity index (χ2n) is 4.94. The molecule has 0 amide bonds. The molecule has 3 rings (SSSR count). The Morgan fingerprint density at radius 1 is 1.47 bits per heavy atom. The van der Waals surface area contributed by atoms with E-state index in [0.717, 1.165) is 47.2 Å². The fraction of sp³-hybridized carbons (Fsp3) is 0.667. The van der Waals surface area contributed by atoms with Crippen LogP contribution in [0.15, 0.2) is 4.79 Å². The van der Waals surface area contributed by atoms with E-state index in [-0.39, 0.29) is 11.2 Å². The summed E-state index contributed by atoms with van der Waals surface area (Å²) < 4.78 is 6.32. The molecule has 92 valence electrons. The standard InChI is InChI=1S/C12H15IN2O2/c1-17-12(5-2-6-12)11-14-9(7-3-4-7)8(13)10(16)15-11/h7H,2-6H2,1H3,(H,14,15,16). The average molecular weight is 346 g/mol. The Hall–Kier alpha value is -0.430. The Morgan fingerprint density at radius 2 is 2.18 bits per heavy atom. The van der Waals surface area contributed by atoms with Crippen LogP contribution in [0, 0.1) is 3.57 Å². The Balaban J connectivity index is 2.08. The van der Waals surface area contributed by atoms with Crippen molar-refractivity contribution >= 4 is 22.6 Å². The van der Waals surface area contributed by atoms with Gasteiger partial charge in [0.1, 0.15) is 11.4 Å². The van der Waals surface area contributed by atoms with Gasteiger partial charge in [-0.2, -0.15) is 0 Å². The molecule has 0 bridgehead atoms. The maximum Gasteiger partial charge on any atom is 0.264 e. The minimum absolute atomic E-state index is 0.0131. The molecule has 17 heavy (non-hydrogen) atoms. The minimum atomic E-state index is -0.326. The number of ether oxygens (including phenoxy) is 1. The molecule has 2 aliphatic carbocycles. The third kappa shape index (κ3) is 1.83. The van der Waals surface area contributed by atoms with Crippen LogP contribution in [0.2, 0.25) is 0 Å². The number of hydrogen-bond acceptors (Lipinski definition) is 3. The molecule has 1 aromatic heterocycles. The molecule has 2 aliphatic rings. The molecule has 2 fully saturated rings. The SMILES string of the molecule is COC1(c2nc(C3CC3)c(I)c(=O)[nH]2)CCC1. The number of halogens is 1. The van der Waals surface area contributed by atoms with Crippen LogP contribution in [0.3, 0.4) is 0 Å². The number of nitrogens with zero attached hydrogens (tertiary/aromatic N) is 1. The molecule has 0 radical (unpaired) electrons. The Bertz CT molecular complexity index is 498. The molecule has 0 atom stereocenters. The number of nitrogens with one attached hydrogen (secondary N) is 1. The zero-order valence-electron chi connectivity index (χ0n) is 9.75. The summed E-state index contributed by atoms with van der Waals surface area (Å²) in [6, 6.07) is 0. The van der Waals surface area contributed by atoms with Gasteiger partial charge in [-0.1, -0.05) is 0 Å². The predicted octanol–water partition coefficient (Wildman–Crippen LogP) is 2.28. The Morgan fingerprint density at radius 3 is 2.65 bits per heavy atom. The van der Waals surface area contributed by atoms with Crippen LogP contribution in [0.5, 0.6) is 0 Å². The first-order chi connectivity index (χ1) is 8.16. The lowest BCUT2D eigenvalue weighted by molar-refractivity contribution is -0.0849. The van der Waals surface area contributed by atoms with E-state index in [4.69, 9.17) is 4.74 Å². The van der Waals surface area contributed by atoms with Gasteiger partial charge in [0.2, 0.25) is 0 Å². The molecular formula is C12H15IN2O2. The smallest absolute Gasteiger partial charge is 0.264 e. The summed E-state index contributed by atoms with van der Waals surface area (Å²) >= 11 is 2.10. The number of rotatable bonds is 3. The Kier molecular flexibility index (Phi) is 2.77. The number of aromatic nitrogens is 2. The van der Waals surface area contributed by atoms with E-state index in [2.05, 4.69) is 32.6 Å². The van der Waals surface area contributed by atoms with Gasteiger partial charge in [0.25, 0.3) is 5.56 Å². The van der Waals surface area contributed by atoms with Gasteiger partial charge < -0.3 is 9.72 Å². The van der Waals surface area contributed by atoms with Gasteiger partial charge in [0, 0.05) is 13.0 Å². The number of H-pyrrole nitrogens is 1. The van der Waals surface area contributed by atoms with Crippen LogP contribution in [0.1, 0.15) is 49.5 Å². The summed E-state index contributed by atoms with van der Waals surface area (Å²) in [7, 11) is 1.70. The Labute approximate surface area is 113 Å². The zero-order valence-corrected chi connectivity index (χ0v) is 11.9. The van der Waals surface area contributed by atoms with Gasteiger partial charge in [-0.05, 0) is 54.7 Å². The first kappa shape index (κ1) is 11.6. The van der Waals surface area contributed by atoms with Gasteiger partial charge in [-0.3, -0.25) is 4.79 Å². The van der Waals surface area contributed by atoms with Crippen LogP contribution >= 0.6 is 22.6 Å². The van der Waals surface area contributed by atoms with E-state index in [9.17, 15) is 4.79 Å². The summed E-state index contributed by atoms with van der Waals surface area (Å²) in [4.78, 5) is 19.5. The lowest BCUT2D eigenvalue weighted by Gasteiger charge is -2.39. The molecule has 1 aromatic rings. The van der Waals surface area contributed by atoms with Crippen molar-refractivity contribution in [1.82, 2.24) is 9.97 Å². The summed E-state index contributed by atoms with van der Waals surface area (Å²) in [5.74, 6) is 1.23. The average Bonchev–Trinajstić information content (AvgIpc) is 3.06. The van der Waals surface area contributed by atoms with Crippen molar-refractivity contribution in [3.05, 3.63) is 25.4 Å². The van der Waals surface area contributed by atoms with Crippen LogP contribution in [0.25, 0.3) is 0 Å². The van der Waals surface area contributed by atoms with Gasteiger partial charge >= 0.3 is 0 Å². The number of hydrogen-bond donors (Lipinski definition) is 1. The van der Waals surface area contributed by atoms with Crippen molar-refractivity contribution in [2.45, 2.75) is 43.6 Å². The van der Waals surface area contributed by atoms with E-state index in [1.54, 1.807) is 7.11 Å². The van der Waals surface area contributed by atoms with E-state index in [1.807, 2.05) is 0 Å². The molecule has 0 spiro atoms. The molecule has 0 unspecified atom stereocenters. The second kappa shape index (κ2) is 4.05. The monoisotopic (exact) mass is 346 g/mol. The van der Waals surface area contributed by atoms with E-state index in [1.165, 1.54) is 0 Å². The fourth-order valence-electron chi connectivity index (χ4n) is 2.35. The molecular weight excluding hydrogens is 331 g/mol. The predicted molar refractivity (Wildman–Crippen MR) is 72.1 cm³/mol. The summed E-state index contributed by atoms with van der Waals surface area (Å²) in [5, 5.41) is 0. The zero-order chi connectivity index (χ0) is 12.0. The lowest BCUT2D eigenvalue weighted by Crippen LogP contribution is -2.40. The maximum atomic E-state index is 11.9. The van der Waals surface area contributed by atoms with Crippen molar-refractivity contribution in [2.75, 3.05) is 7.11 Å². The van der Waals surface area contributed by atoms with E-state index < -0.39 is 0 Å². The van der Waals surface area contributed by atoms with Crippen molar-refractivity contribution < 1.29 is 4.74 Å². The molecule has 0 aromatic carbocycles.